The number of pyridine rings is 1. The predicted octanol–water partition coefficient (Wildman–Crippen LogP) is 3.10. The molecule has 2 aromatic heterocycles. The Bertz CT molecular complexity index is 952. The minimum Gasteiger partial charge on any atom is -0.347 e. The van der Waals surface area contributed by atoms with Crippen LogP contribution >= 0.6 is 0 Å². The molecule has 144 valence electrons. The molecule has 2 aliphatic heterocycles. The number of hydrogen-bond acceptors (Lipinski definition) is 5. The number of aromatic nitrogens is 3. The summed E-state index contributed by atoms with van der Waals surface area (Å²) in [5.74, 6) is -0.943. The van der Waals surface area contributed by atoms with Crippen molar-refractivity contribution < 1.29 is 13.9 Å². The molecule has 0 bridgehead atoms. The lowest BCUT2D eigenvalue weighted by Crippen LogP contribution is -2.49. The van der Waals surface area contributed by atoms with E-state index < -0.39 is 5.79 Å². The zero-order valence-electron chi connectivity index (χ0n) is 15.3. The lowest BCUT2D eigenvalue weighted by Gasteiger charge is -2.39. The molecule has 7 heteroatoms. The number of nitrogens with one attached hydrogen (secondary N) is 2. The van der Waals surface area contributed by atoms with Crippen molar-refractivity contribution in [1.82, 2.24) is 20.5 Å². The quantitative estimate of drug-likeness (QED) is 0.731. The highest BCUT2D eigenvalue weighted by Gasteiger charge is 2.48. The maximum absolute atomic E-state index is 13.4. The SMILES string of the molecule is Fc1ccc(-c2n[nH]c(C3CNCCC34OCCO4)c2-c2ccncc2)cc1. The van der Waals surface area contributed by atoms with Gasteiger partial charge in [0.15, 0.2) is 5.79 Å². The van der Waals surface area contributed by atoms with Gasteiger partial charge in [0, 0.05) is 43.0 Å². The van der Waals surface area contributed by atoms with Gasteiger partial charge < -0.3 is 14.8 Å². The summed E-state index contributed by atoms with van der Waals surface area (Å²) in [6.45, 7) is 2.77. The van der Waals surface area contributed by atoms with E-state index in [2.05, 4.69) is 20.5 Å². The van der Waals surface area contributed by atoms with Crippen LogP contribution < -0.4 is 5.32 Å². The van der Waals surface area contributed by atoms with Gasteiger partial charge in [0.2, 0.25) is 0 Å². The van der Waals surface area contributed by atoms with Gasteiger partial charge in [-0.1, -0.05) is 0 Å². The molecule has 6 nitrogen and oxygen atoms in total. The first-order valence-electron chi connectivity index (χ1n) is 9.50. The van der Waals surface area contributed by atoms with Crippen molar-refractivity contribution >= 4 is 0 Å². The Balaban J connectivity index is 1.67. The van der Waals surface area contributed by atoms with Crippen molar-refractivity contribution in [3.8, 4) is 22.4 Å². The van der Waals surface area contributed by atoms with Crippen molar-refractivity contribution in [3.63, 3.8) is 0 Å². The number of benzene rings is 1. The topological polar surface area (TPSA) is 72.1 Å². The van der Waals surface area contributed by atoms with Crippen molar-refractivity contribution in [2.45, 2.75) is 18.1 Å². The molecule has 0 aliphatic carbocycles. The minimum absolute atomic E-state index is 0.0337. The predicted molar refractivity (Wildman–Crippen MR) is 102 cm³/mol. The van der Waals surface area contributed by atoms with E-state index in [1.165, 1.54) is 12.1 Å². The van der Waals surface area contributed by atoms with E-state index in [1.807, 2.05) is 12.1 Å². The third-order valence-corrected chi connectivity index (χ3v) is 5.54. The first-order chi connectivity index (χ1) is 13.8. The second-order valence-corrected chi connectivity index (χ2v) is 7.12. The first-order valence-corrected chi connectivity index (χ1v) is 9.50. The maximum Gasteiger partial charge on any atom is 0.179 e. The number of aromatic amines is 1. The number of H-pyrrole nitrogens is 1. The molecule has 2 N–H and O–H groups in total. The highest BCUT2D eigenvalue weighted by atomic mass is 19.1. The molecule has 0 saturated carbocycles. The normalized spacial score (nSPS) is 21.2. The molecular formula is C21H21FN4O2. The monoisotopic (exact) mass is 380 g/mol. The molecule has 2 fully saturated rings. The Morgan fingerprint density at radius 1 is 1.00 bits per heavy atom. The fourth-order valence-corrected chi connectivity index (χ4v) is 4.21. The van der Waals surface area contributed by atoms with Crippen molar-refractivity contribution in [3.05, 3.63) is 60.3 Å². The van der Waals surface area contributed by atoms with Gasteiger partial charge in [-0.3, -0.25) is 10.1 Å². The van der Waals surface area contributed by atoms with Gasteiger partial charge in [-0.15, -0.1) is 0 Å². The van der Waals surface area contributed by atoms with Crippen LogP contribution in [0.25, 0.3) is 22.4 Å². The molecule has 2 saturated heterocycles. The fraction of sp³-hybridized carbons (Fsp3) is 0.333. The summed E-state index contributed by atoms with van der Waals surface area (Å²) >= 11 is 0. The molecule has 5 rings (SSSR count). The van der Waals surface area contributed by atoms with Crippen LogP contribution in [0.3, 0.4) is 0 Å². The van der Waals surface area contributed by atoms with E-state index in [0.29, 0.717) is 13.2 Å². The third-order valence-electron chi connectivity index (χ3n) is 5.54. The van der Waals surface area contributed by atoms with Gasteiger partial charge in [0.1, 0.15) is 11.5 Å². The summed E-state index contributed by atoms with van der Waals surface area (Å²) in [6.07, 6.45) is 4.30. The molecular weight excluding hydrogens is 359 g/mol. The van der Waals surface area contributed by atoms with E-state index >= 15 is 0 Å². The third kappa shape index (κ3) is 2.92. The van der Waals surface area contributed by atoms with Crippen LogP contribution in [0.15, 0.2) is 48.8 Å². The van der Waals surface area contributed by atoms with Crippen molar-refractivity contribution in [2.24, 2.45) is 0 Å². The number of piperidine rings is 1. The van der Waals surface area contributed by atoms with Gasteiger partial charge >= 0.3 is 0 Å². The van der Waals surface area contributed by atoms with Gasteiger partial charge in [-0.25, -0.2) is 4.39 Å². The van der Waals surface area contributed by atoms with E-state index in [-0.39, 0.29) is 11.7 Å². The molecule has 1 unspecified atom stereocenters. The molecule has 3 aromatic rings. The van der Waals surface area contributed by atoms with Crippen LogP contribution in [0, 0.1) is 5.82 Å². The maximum atomic E-state index is 13.4. The van der Waals surface area contributed by atoms with E-state index in [9.17, 15) is 4.39 Å². The Labute approximate surface area is 162 Å². The molecule has 2 aliphatic rings. The number of nitrogens with zero attached hydrogens (tertiary/aromatic N) is 2. The zero-order valence-corrected chi connectivity index (χ0v) is 15.3. The lowest BCUT2D eigenvalue weighted by molar-refractivity contribution is -0.187. The number of ether oxygens (including phenoxy) is 2. The van der Waals surface area contributed by atoms with Gasteiger partial charge in [0.25, 0.3) is 0 Å². The zero-order chi connectivity index (χ0) is 19.0. The van der Waals surface area contributed by atoms with Crippen LogP contribution in [-0.4, -0.2) is 47.3 Å². The van der Waals surface area contributed by atoms with Gasteiger partial charge in [-0.2, -0.15) is 5.10 Å². The number of rotatable bonds is 3. The van der Waals surface area contributed by atoms with Crippen LogP contribution in [0.4, 0.5) is 4.39 Å². The smallest absolute Gasteiger partial charge is 0.179 e. The molecule has 1 atom stereocenters. The highest BCUT2D eigenvalue weighted by Crippen LogP contribution is 2.45. The number of hydrogen-bond donors (Lipinski definition) is 2. The molecule has 0 radical (unpaired) electrons. The molecule has 0 amide bonds. The summed E-state index contributed by atoms with van der Waals surface area (Å²) in [5, 5.41) is 11.3. The van der Waals surface area contributed by atoms with Gasteiger partial charge in [0.05, 0.1) is 24.8 Å². The average Bonchev–Trinajstić information content (AvgIpc) is 3.38. The van der Waals surface area contributed by atoms with Crippen LogP contribution in [0.5, 0.6) is 0 Å². The largest absolute Gasteiger partial charge is 0.347 e. The Morgan fingerprint density at radius 2 is 1.75 bits per heavy atom. The minimum atomic E-state index is -0.639. The summed E-state index contributed by atoms with van der Waals surface area (Å²) < 4.78 is 25.6. The highest BCUT2D eigenvalue weighted by molar-refractivity contribution is 5.83. The summed E-state index contributed by atoms with van der Waals surface area (Å²) in [6, 6.07) is 10.3. The number of halogens is 1. The second-order valence-electron chi connectivity index (χ2n) is 7.12. The standard InChI is InChI=1S/C21H21FN4O2/c22-16-3-1-15(2-4-16)19-18(14-5-8-23-9-6-14)20(26-25-19)17-13-24-10-7-21(17)27-11-12-28-21/h1-6,8-9,17,24H,7,10-13H2,(H,25,26). The van der Waals surface area contributed by atoms with Crippen LogP contribution in [-0.2, 0) is 9.47 Å². The summed E-state index contributed by atoms with van der Waals surface area (Å²) in [5.41, 5.74) is 4.55. The van der Waals surface area contributed by atoms with Crippen molar-refractivity contribution in [1.29, 1.82) is 0 Å². The molecule has 28 heavy (non-hydrogen) atoms. The molecule has 1 aromatic carbocycles. The molecule has 4 heterocycles. The van der Waals surface area contributed by atoms with E-state index in [4.69, 9.17) is 9.47 Å². The van der Waals surface area contributed by atoms with E-state index in [1.54, 1.807) is 24.5 Å². The molecule has 1 spiro atoms. The first kappa shape index (κ1) is 17.5. The average molecular weight is 380 g/mol. The van der Waals surface area contributed by atoms with Crippen LogP contribution in [0.1, 0.15) is 18.0 Å². The Kier molecular flexibility index (Phi) is 4.43. The lowest BCUT2D eigenvalue weighted by atomic mass is 9.84. The fourth-order valence-electron chi connectivity index (χ4n) is 4.21. The summed E-state index contributed by atoms with van der Waals surface area (Å²) in [7, 11) is 0. The second kappa shape index (κ2) is 7.09. The van der Waals surface area contributed by atoms with Crippen molar-refractivity contribution in [2.75, 3.05) is 26.3 Å². The summed E-state index contributed by atoms with van der Waals surface area (Å²) in [4.78, 5) is 4.14. The van der Waals surface area contributed by atoms with E-state index in [0.717, 1.165) is 47.6 Å². The van der Waals surface area contributed by atoms with Crippen LogP contribution in [0.2, 0.25) is 0 Å². The van der Waals surface area contributed by atoms with Gasteiger partial charge in [-0.05, 0) is 42.0 Å². The Morgan fingerprint density at radius 3 is 2.50 bits per heavy atom. The Hall–Kier alpha value is -2.61.